The van der Waals surface area contributed by atoms with E-state index >= 15 is 0 Å². The summed E-state index contributed by atoms with van der Waals surface area (Å²) in [4.78, 5) is 0. The maximum Gasteiger partial charge on any atom is 0.120 e. The van der Waals surface area contributed by atoms with Gasteiger partial charge in [-0.3, -0.25) is 0 Å². The summed E-state index contributed by atoms with van der Waals surface area (Å²) in [6.07, 6.45) is 7.50. The van der Waals surface area contributed by atoms with E-state index in [0.717, 1.165) is 18.6 Å². The number of aryl methyl sites for hydroxylation is 2. The summed E-state index contributed by atoms with van der Waals surface area (Å²) in [7, 11) is 0. The molecule has 1 fully saturated rings. The predicted octanol–water partition coefficient (Wildman–Crippen LogP) is 3.73. The van der Waals surface area contributed by atoms with Gasteiger partial charge in [0.05, 0.1) is 0 Å². The SMILES string of the molecule is Cc1ccc(OC2CCCCCCC2N)cc1C. The molecular weight excluding hydrogens is 222 g/mol. The van der Waals surface area contributed by atoms with Gasteiger partial charge in [0.15, 0.2) is 0 Å². The van der Waals surface area contributed by atoms with Crippen LogP contribution in [-0.2, 0) is 0 Å². The number of hydrogen-bond donors (Lipinski definition) is 1. The minimum Gasteiger partial charge on any atom is -0.489 e. The van der Waals surface area contributed by atoms with E-state index in [1.165, 1.54) is 36.8 Å². The lowest BCUT2D eigenvalue weighted by atomic mass is 9.95. The molecule has 100 valence electrons. The molecule has 0 bridgehead atoms. The Morgan fingerprint density at radius 1 is 1.00 bits per heavy atom. The Bertz CT molecular complexity index is 389. The molecule has 2 atom stereocenters. The van der Waals surface area contributed by atoms with Gasteiger partial charge in [-0.2, -0.15) is 0 Å². The van der Waals surface area contributed by atoms with Gasteiger partial charge >= 0.3 is 0 Å². The summed E-state index contributed by atoms with van der Waals surface area (Å²) >= 11 is 0. The first kappa shape index (κ1) is 13.4. The van der Waals surface area contributed by atoms with E-state index in [0.29, 0.717) is 0 Å². The van der Waals surface area contributed by atoms with Crippen molar-refractivity contribution in [2.45, 2.75) is 64.5 Å². The van der Waals surface area contributed by atoms with Crippen molar-refractivity contribution in [2.75, 3.05) is 0 Å². The van der Waals surface area contributed by atoms with Crippen molar-refractivity contribution in [3.63, 3.8) is 0 Å². The monoisotopic (exact) mass is 247 g/mol. The number of nitrogens with two attached hydrogens (primary N) is 1. The van der Waals surface area contributed by atoms with Gasteiger partial charge in [-0.1, -0.05) is 25.3 Å². The Labute approximate surface area is 111 Å². The Kier molecular flexibility index (Phi) is 4.65. The molecule has 1 aromatic rings. The lowest BCUT2D eigenvalue weighted by molar-refractivity contribution is 0.145. The van der Waals surface area contributed by atoms with Crippen LogP contribution in [0.2, 0.25) is 0 Å². The van der Waals surface area contributed by atoms with Crippen LogP contribution in [0.3, 0.4) is 0 Å². The molecule has 0 spiro atoms. The quantitative estimate of drug-likeness (QED) is 0.864. The zero-order valence-electron chi connectivity index (χ0n) is 11.6. The second-order valence-electron chi connectivity index (χ2n) is 5.56. The van der Waals surface area contributed by atoms with Crippen LogP contribution in [0.5, 0.6) is 5.75 Å². The molecule has 0 amide bonds. The topological polar surface area (TPSA) is 35.2 Å². The molecule has 0 aliphatic heterocycles. The Morgan fingerprint density at radius 2 is 1.72 bits per heavy atom. The maximum atomic E-state index is 6.24. The van der Waals surface area contributed by atoms with Gasteiger partial charge in [0.25, 0.3) is 0 Å². The van der Waals surface area contributed by atoms with E-state index in [1.807, 2.05) is 0 Å². The van der Waals surface area contributed by atoms with Crippen molar-refractivity contribution >= 4 is 0 Å². The van der Waals surface area contributed by atoms with Gasteiger partial charge in [-0.15, -0.1) is 0 Å². The molecular formula is C16H25NO. The third-order valence-corrected chi connectivity index (χ3v) is 4.02. The fourth-order valence-electron chi connectivity index (χ4n) is 2.59. The molecule has 2 rings (SSSR count). The molecule has 0 aromatic heterocycles. The van der Waals surface area contributed by atoms with Gasteiger partial charge in [0.1, 0.15) is 11.9 Å². The van der Waals surface area contributed by atoms with Crippen LogP contribution in [-0.4, -0.2) is 12.1 Å². The van der Waals surface area contributed by atoms with Crippen molar-refractivity contribution in [1.29, 1.82) is 0 Å². The second kappa shape index (κ2) is 6.24. The molecule has 1 saturated carbocycles. The highest BCUT2D eigenvalue weighted by atomic mass is 16.5. The highest BCUT2D eigenvalue weighted by Crippen LogP contribution is 2.23. The van der Waals surface area contributed by atoms with E-state index in [9.17, 15) is 0 Å². The maximum absolute atomic E-state index is 6.24. The van der Waals surface area contributed by atoms with E-state index in [-0.39, 0.29) is 12.1 Å². The van der Waals surface area contributed by atoms with Gasteiger partial charge in [0, 0.05) is 6.04 Å². The summed E-state index contributed by atoms with van der Waals surface area (Å²) in [6.45, 7) is 4.25. The summed E-state index contributed by atoms with van der Waals surface area (Å²) < 4.78 is 6.11. The summed E-state index contributed by atoms with van der Waals surface area (Å²) in [5.41, 5.74) is 8.83. The third-order valence-electron chi connectivity index (χ3n) is 4.02. The largest absolute Gasteiger partial charge is 0.489 e. The van der Waals surface area contributed by atoms with Crippen LogP contribution in [0.15, 0.2) is 18.2 Å². The normalized spacial score (nSPS) is 25.3. The van der Waals surface area contributed by atoms with Crippen LogP contribution in [0, 0.1) is 13.8 Å². The van der Waals surface area contributed by atoms with Crippen LogP contribution in [0.1, 0.15) is 49.7 Å². The average Bonchev–Trinajstić information content (AvgIpc) is 2.33. The molecule has 2 unspecified atom stereocenters. The molecule has 0 radical (unpaired) electrons. The van der Waals surface area contributed by atoms with Crippen LogP contribution in [0.4, 0.5) is 0 Å². The highest BCUT2D eigenvalue weighted by Gasteiger charge is 2.21. The lowest BCUT2D eigenvalue weighted by Gasteiger charge is -2.27. The van der Waals surface area contributed by atoms with Crippen molar-refractivity contribution in [2.24, 2.45) is 5.73 Å². The van der Waals surface area contributed by atoms with Gasteiger partial charge in [0.2, 0.25) is 0 Å². The molecule has 1 aromatic carbocycles. The molecule has 0 saturated heterocycles. The van der Waals surface area contributed by atoms with E-state index < -0.39 is 0 Å². The van der Waals surface area contributed by atoms with Crippen molar-refractivity contribution in [1.82, 2.24) is 0 Å². The number of hydrogen-bond acceptors (Lipinski definition) is 2. The van der Waals surface area contributed by atoms with Crippen LogP contribution < -0.4 is 10.5 Å². The van der Waals surface area contributed by atoms with Crippen molar-refractivity contribution < 1.29 is 4.74 Å². The third kappa shape index (κ3) is 3.49. The number of benzene rings is 1. The van der Waals surface area contributed by atoms with E-state index in [2.05, 4.69) is 32.0 Å². The van der Waals surface area contributed by atoms with E-state index in [1.54, 1.807) is 0 Å². The smallest absolute Gasteiger partial charge is 0.120 e. The molecule has 0 heterocycles. The summed E-state index contributed by atoms with van der Waals surface area (Å²) in [6, 6.07) is 6.50. The van der Waals surface area contributed by atoms with E-state index in [4.69, 9.17) is 10.5 Å². The molecule has 2 heteroatoms. The molecule has 18 heavy (non-hydrogen) atoms. The summed E-state index contributed by atoms with van der Waals surface area (Å²) in [5, 5.41) is 0. The predicted molar refractivity (Wildman–Crippen MR) is 76.0 cm³/mol. The number of rotatable bonds is 2. The fourth-order valence-corrected chi connectivity index (χ4v) is 2.59. The van der Waals surface area contributed by atoms with Gasteiger partial charge in [-0.25, -0.2) is 0 Å². The average molecular weight is 247 g/mol. The second-order valence-corrected chi connectivity index (χ2v) is 5.56. The molecule has 1 aliphatic rings. The van der Waals surface area contributed by atoms with Gasteiger partial charge < -0.3 is 10.5 Å². The molecule has 1 aliphatic carbocycles. The zero-order chi connectivity index (χ0) is 13.0. The Morgan fingerprint density at radius 3 is 2.44 bits per heavy atom. The summed E-state index contributed by atoms with van der Waals surface area (Å²) in [5.74, 6) is 0.971. The zero-order valence-corrected chi connectivity index (χ0v) is 11.6. The lowest BCUT2D eigenvalue weighted by Crippen LogP contribution is -2.39. The van der Waals surface area contributed by atoms with Crippen LogP contribution in [0.25, 0.3) is 0 Å². The van der Waals surface area contributed by atoms with Gasteiger partial charge in [-0.05, 0) is 56.4 Å². The van der Waals surface area contributed by atoms with Crippen LogP contribution >= 0.6 is 0 Å². The fraction of sp³-hybridized carbons (Fsp3) is 0.625. The first-order valence-corrected chi connectivity index (χ1v) is 7.16. The first-order valence-electron chi connectivity index (χ1n) is 7.16. The van der Waals surface area contributed by atoms with Crippen molar-refractivity contribution in [3.05, 3.63) is 29.3 Å². The minimum atomic E-state index is 0.187. The Balaban J connectivity index is 2.03. The highest BCUT2D eigenvalue weighted by molar-refractivity contribution is 5.34. The van der Waals surface area contributed by atoms with Crippen molar-refractivity contribution in [3.8, 4) is 5.75 Å². The minimum absolute atomic E-state index is 0.187. The number of ether oxygens (including phenoxy) is 1. The molecule has 2 nitrogen and oxygen atoms in total. The Hall–Kier alpha value is -1.02. The standard InChI is InChI=1S/C16H25NO/c1-12-9-10-14(11-13(12)2)18-16-8-6-4-3-5-7-15(16)17/h9-11,15-16H,3-8,17H2,1-2H3. The molecule has 2 N–H and O–H groups in total. The first-order chi connectivity index (χ1) is 8.66.